The minimum absolute atomic E-state index is 0.161. The number of aryl methyl sites for hydroxylation is 1. The lowest BCUT2D eigenvalue weighted by Gasteiger charge is -2.04. The van der Waals surface area contributed by atoms with Crippen molar-refractivity contribution in [2.75, 3.05) is 5.75 Å². The van der Waals surface area contributed by atoms with E-state index in [1.165, 1.54) is 0 Å². The molecule has 1 aromatic rings. The summed E-state index contributed by atoms with van der Waals surface area (Å²) in [5, 5.41) is 0. The average Bonchev–Trinajstić information content (AvgIpc) is 2.14. The van der Waals surface area contributed by atoms with Crippen molar-refractivity contribution in [3.05, 3.63) is 36.7 Å². The van der Waals surface area contributed by atoms with Crippen LogP contribution in [0.3, 0.4) is 0 Å². The van der Waals surface area contributed by atoms with Gasteiger partial charge in [-0.1, -0.05) is 6.58 Å². The van der Waals surface area contributed by atoms with Crippen LogP contribution in [0.2, 0.25) is 0 Å². The Morgan fingerprint density at radius 3 is 2.79 bits per heavy atom. The zero-order valence-electron chi connectivity index (χ0n) is 7.59. The van der Waals surface area contributed by atoms with Gasteiger partial charge in [0.2, 0.25) is 5.69 Å². The molecule has 0 aromatic carbocycles. The molecule has 0 aliphatic carbocycles. The molecule has 0 atom stereocenters. The summed E-state index contributed by atoms with van der Waals surface area (Å²) in [6.45, 7) is 3.75. The monoisotopic (exact) mass is 213 g/mol. The number of aromatic nitrogens is 1. The van der Waals surface area contributed by atoms with Crippen LogP contribution in [0.25, 0.3) is 6.08 Å². The predicted molar refractivity (Wildman–Crippen MR) is 51.3 cm³/mol. The molecular formula is C9H11NO3S. The minimum atomic E-state index is -4.15. The molecule has 0 aliphatic heterocycles. The molecule has 76 valence electrons. The standard InChI is InChI=1S/C9H11NO3S/c1-2-9-5-3-4-6-10(9)7-8-14(11,12)13/h2-6H,1,7-8H2. The Balaban J connectivity index is 2.81. The Morgan fingerprint density at radius 1 is 1.50 bits per heavy atom. The SMILES string of the molecule is C=Cc1cccc[n+]1CCS(=O)(=O)[O-]. The van der Waals surface area contributed by atoms with E-state index < -0.39 is 15.9 Å². The summed E-state index contributed by atoms with van der Waals surface area (Å²) in [6.07, 6.45) is 3.32. The summed E-state index contributed by atoms with van der Waals surface area (Å²) in [5.41, 5.74) is 0.788. The Morgan fingerprint density at radius 2 is 2.21 bits per heavy atom. The Labute approximate surface area is 83.3 Å². The van der Waals surface area contributed by atoms with Gasteiger partial charge in [0.05, 0.1) is 5.75 Å². The Kier molecular flexibility index (Phi) is 3.38. The van der Waals surface area contributed by atoms with Gasteiger partial charge >= 0.3 is 0 Å². The molecular weight excluding hydrogens is 202 g/mol. The first-order chi connectivity index (χ1) is 6.53. The van der Waals surface area contributed by atoms with Gasteiger partial charge in [0.1, 0.15) is 10.1 Å². The number of hydrogen-bond acceptors (Lipinski definition) is 3. The first-order valence-corrected chi connectivity index (χ1v) is 5.65. The first kappa shape index (κ1) is 10.9. The van der Waals surface area contributed by atoms with Crippen molar-refractivity contribution in [2.24, 2.45) is 0 Å². The second-order valence-electron chi connectivity index (χ2n) is 2.78. The highest BCUT2D eigenvalue weighted by atomic mass is 32.2. The van der Waals surface area contributed by atoms with Gasteiger partial charge < -0.3 is 4.55 Å². The molecule has 0 N–H and O–H groups in total. The highest BCUT2D eigenvalue weighted by Gasteiger charge is 2.07. The molecule has 0 fully saturated rings. The summed E-state index contributed by atoms with van der Waals surface area (Å²) in [6, 6.07) is 5.38. The summed E-state index contributed by atoms with van der Waals surface area (Å²) in [7, 11) is -4.15. The molecule has 0 bridgehead atoms. The van der Waals surface area contributed by atoms with Crippen LogP contribution in [0.1, 0.15) is 5.69 Å². The van der Waals surface area contributed by atoms with E-state index >= 15 is 0 Å². The lowest BCUT2D eigenvalue weighted by Crippen LogP contribution is -2.39. The molecule has 14 heavy (non-hydrogen) atoms. The van der Waals surface area contributed by atoms with E-state index in [1.807, 2.05) is 6.07 Å². The van der Waals surface area contributed by atoms with E-state index in [-0.39, 0.29) is 6.54 Å². The highest BCUT2D eigenvalue weighted by Crippen LogP contribution is 1.93. The molecule has 0 radical (unpaired) electrons. The molecule has 0 aliphatic rings. The van der Waals surface area contributed by atoms with Crippen molar-refractivity contribution in [1.29, 1.82) is 0 Å². The lowest BCUT2D eigenvalue weighted by atomic mass is 10.3. The van der Waals surface area contributed by atoms with Crippen LogP contribution in [-0.2, 0) is 16.7 Å². The van der Waals surface area contributed by atoms with Crippen LogP contribution in [0.15, 0.2) is 31.0 Å². The fraction of sp³-hybridized carbons (Fsp3) is 0.222. The lowest BCUT2D eigenvalue weighted by molar-refractivity contribution is -0.694. The molecule has 1 aromatic heterocycles. The summed E-state index contributed by atoms with van der Waals surface area (Å²) >= 11 is 0. The van der Waals surface area contributed by atoms with Crippen molar-refractivity contribution in [3.63, 3.8) is 0 Å². The first-order valence-electron chi connectivity index (χ1n) is 4.07. The van der Waals surface area contributed by atoms with E-state index in [1.54, 1.807) is 29.0 Å². The van der Waals surface area contributed by atoms with Crippen LogP contribution in [-0.4, -0.2) is 18.7 Å². The van der Waals surface area contributed by atoms with Crippen LogP contribution in [0.5, 0.6) is 0 Å². The molecule has 1 heterocycles. The fourth-order valence-corrected chi connectivity index (χ4v) is 1.51. The van der Waals surface area contributed by atoms with Gasteiger partial charge in [0.15, 0.2) is 12.7 Å². The quantitative estimate of drug-likeness (QED) is 0.529. The van der Waals surface area contributed by atoms with Crippen molar-refractivity contribution >= 4 is 16.2 Å². The van der Waals surface area contributed by atoms with Crippen molar-refractivity contribution in [3.8, 4) is 0 Å². The van der Waals surface area contributed by atoms with Gasteiger partial charge in [-0.05, 0) is 6.07 Å². The molecule has 0 unspecified atom stereocenters. The van der Waals surface area contributed by atoms with Crippen LogP contribution >= 0.6 is 0 Å². The smallest absolute Gasteiger partial charge is 0.204 e. The van der Waals surface area contributed by atoms with Gasteiger partial charge in [0.25, 0.3) is 0 Å². The second kappa shape index (κ2) is 4.34. The average molecular weight is 213 g/mol. The maximum absolute atomic E-state index is 10.4. The molecule has 0 saturated heterocycles. The number of hydrogen-bond donors (Lipinski definition) is 0. The molecule has 1 rings (SSSR count). The number of nitrogens with zero attached hydrogens (tertiary/aromatic N) is 1. The third-order valence-corrected chi connectivity index (χ3v) is 2.45. The van der Waals surface area contributed by atoms with Gasteiger partial charge in [-0.2, -0.15) is 4.57 Å². The number of pyridine rings is 1. The summed E-state index contributed by atoms with van der Waals surface area (Å²) in [5.74, 6) is -0.400. The third-order valence-electron chi connectivity index (χ3n) is 1.77. The van der Waals surface area contributed by atoms with Crippen LogP contribution in [0.4, 0.5) is 0 Å². The topological polar surface area (TPSA) is 61.1 Å². The molecule has 0 saturated carbocycles. The fourth-order valence-electron chi connectivity index (χ4n) is 1.09. The normalized spacial score (nSPS) is 11.2. The van der Waals surface area contributed by atoms with Gasteiger partial charge in [0, 0.05) is 18.2 Å². The Hall–Kier alpha value is -1.20. The van der Waals surface area contributed by atoms with E-state index in [9.17, 15) is 13.0 Å². The summed E-state index contributed by atoms with van der Waals surface area (Å²) < 4.78 is 32.9. The van der Waals surface area contributed by atoms with Gasteiger partial charge in [-0.3, -0.25) is 0 Å². The largest absolute Gasteiger partial charge is 0.748 e. The molecule has 0 amide bonds. The van der Waals surface area contributed by atoms with Crippen molar-refractivity contribution in [1.82, 2.24) is 0 Å². The molecule has 0 spiro atoms. The zero-order valence-corrected chi connectivity index (χ0v) is 8.40. The maximum Gasteiger partial charge on any atom is 0.204 e. The van der Waals surface area contributed by atoms with Gasteiger partial charge in [-0.25, -0.2) is 8.42 Å². The summed E-state index contributed by atoms with van der Waals surface area (Å²) in [4.78, 5) is 0. The zero-order chi connectivity index (χ0) is 10.6. The predicted octanol–water partition coefficient (Wildman–Crippen LogP) is 0.162. The highest BCUT2D eigenvalue weighted by molar-refractivity contribution is 7.85. The van der Waals surface area contributed by atoms with E-state index in [0.29, 0.717) is 0 Å². The van der Waals surface area contributed by atoms with E-state index in [0.717, 1.165) is 5.69 Å². The van der Waals surface area contributed by atoms with Crippen LogP contribution < -0.4 is 4.57 Å². The van der Waals surface area contributed by atoms with Crippen molar-refractivity contribution < 1.29 is 17.5 Å². The minimum Gasteiger partial charge on any atom is -0.748 e. The van der Waals surface area contributed by atoms with Crippen molar-refractivity contribution in [2.45, 2.75) is 6.54 Å². The van der Waals surface area contributed by atoms with E-state index in [2.05, 4.69) is 6.58 Å². The number of rotatable bonds is 4. The third kappa shape index (κ3) is 3.27. The second-order valence-corrected chi connectivity index (χ2v) is 4.31. The van der Waals surface area contributed by atoms with E-state index in [4.69, 9.17) is 0 Å². The van der Waals surface area contributed by atoms with Gasteiger partial charge in [-0.15, -0.1) is 0 Å². The Bertz CT molecular complexity index is 425. The molecule has 4 nitrogen and oxygen atoms in total. The maximum atomic E-state index is 10.4. The van der Waals surface area contributed by atoms with Crippen LogP contribution in [0, 0.1) is 0 Å². The molecule has 5 heteroatoms.